The average Bonchev–Trinajstić information content (AvgIpc) is 2.83. The highest BCUT2D eigenvalue weighted by Gasteiger charge is 2.26. The first-order valence-corrected chi connectivity index (χ1v) is 12.3. The zero-order valence-corrected chi connectivity index (χ0v) is 20.3. The van der Waals surface area contributed by atoms with Gasteiger partial charge >= 0.3 is 0 Å². The lowest BCUT2D eigenvalue weighted by Crippen LogP contribution is -2.31. The molecular formula is C25H26ClN3O3S. The number of carbonyl (C=O) groups is 1. The van der Waals surface area contributed by atoms with Crippen molar-refractivity contribution in [3.8, 4) is 0 Å². The molecule has 0 saturated carbocycles. The Labute approximate surface area is 200 Å². The number of nitrogens with one attached hydrogen (secondary N) is 1. The number of hydrogen-bond acceptors (Lipinski definition) is 4. The van der Waals surface area contributed by atoms with Crippen LogP contribution in [0.1, 0.15) is 41.8 Å². The molecule has 0 saturated heterocycles. The van der Waals surface area contributed by atoms with E-state index in [1.807, 2.05) is 20.8 Å². The number of rotatable bonds is 8. The molecule has 6 nitrogen and oxygen atoms in total. The number of amides is 1. The molecular weight excluding hydrogens is 458 g/mol. The summed E-state index contributed by atoms with van der Waals surface area (Å²) in [6.07, 6.45) is 0.744. The number of anilines is 1. The molecule has 33 heavy (non-hydrogen) atoms. The van der Waals surface area contributed by atoms with Gasteiger partial charge in [0.25, 0.3) is 15.9 Å². The second kappa shape index (κ2) is 10.6. The molecule has 3 aromatic rings. The van der Waals surface area contributed by atoms with Crippen molar-refractivity contribution in [2.45, 2.75) is 38.6 Å². The Balaban J connectivity index is 1.94. The van der Waals surface area contributed by atoms with Crippen LogP contribution in [0.15, 0.2) is 82.8 Å². The van der Waals surface area contributed by atoms with Gasteiger partial charge in [0.1, 0.15) is 0 Å². The summed E-state index contributed by atoms with van der Waals surface area (Å²) in [5.41, 5.74) is 5.77. The maximum atomic E-state index is 13.6. The molecule has 0 aromatic heterocycles. The van der Waals surface area contributed by atoms with Gasteiger partial charge in [-0.15, -0.1) is 0 Å². The Hall–Kier alpha value is -3.16. The molecule has 172 valence electrons. The first-order valence-electron chi connectivity index (χ1n) is 10.5. The van der Waals surface area contributed by atoms with Gasteiger partial charge in [-0.3, -0.25) is 9.10 Å². The monoisotopic (exact) mass is 483 g/mol. The van der Waals surface area contributed by atoms with E-state index in [9.17, 15) is 13.2 Å². The third-order valence-corrected chi connectivity index (χ3v) is 7.18. The zero-order chi connectivity index (χ0) is 24.0. The SMILES string of the molecule is CC/C(C)=N\NC(=O)c1ccc(CN(c2cc(Cl)ccc2C)S(=O)(=O)c2ccccc2)cc1. The van der Waals surface area contributed by atoms with Gasteiger partial charge in [-0.2, -0.15) is 5.10 Å². The fraction of sp³-hybridized carbons (Fsp3) is 0.200. The summed E-state index contributed by atoms with van der Waals surface area (Å²) in [7, 11) is -3.86. The number of nitrogens with zero attached hydrogens (tertiary/aromatic N) is 2. The second-order valence-corrected chi connectivity index (χ2v) is 9.89. The summed E-state index contributed by atoms with van der Waals surface area (Å²) in [5.74, 6) is -0.325. The second-order valence-electron chi connectivity index (χ2n) is 7.59. The van der Waals surface area contributed by atoms with Crippen LogP contribution in [-0.2, 0) is 16.6 Å². The van der Waals surface area contributed by atoms with E-state index in [2.05, 4.69) is 10.5 Å². The number of benzene rings is 3. The van der Waals surface area contributed by atoms with E-state index < -0.39 is 10.0 Å². The molecule has 1 amide bonds. The van der Waals surface area contributed by atoms with Crippen LogP contribution < -0.4 is 9.73 Å². The van der Waals surface area contributed by atoms with Crippen molar-refractivity contribution >= 4 is 38.9 Å². The maximum Gasteiger partial charge on any atom is 0.271 e. The smallest absolute Gasteiger partial charge is 0.267 e. The topological polar surface area (TPSA) is 78.8 Å². The van der Waals surface area contributed by atoms with E-state index in [0.717, 1.165) is 23.3 Å². The van der Waals surface area contributed by atoms with E-state index in [-0.39, 0.29) is 17.3 Å². The number of halogens is 1. The van der Waals surface area contributed by atoms with Gasteiger partial charge < -0.3 is 0 Å². The largest absolute Gasteiger partial charge is 0.271 e. The fourth-order valence-corrected chi connectivity index (χ4v) is 4.78. The van der Waals surface area contributed by atoms with Crippen molar-refractivity contribution in [3.63, 3.8) is 0 Å². The molecule has 0 atom stereocenters. The van der Waals surface area contributed by atoms with Crippen molar-refractivity contribution in [1.82, 2.24) is 5.43 Å². The lowest BCUT2D eigenvalue weighted by Gasteiger charge is -2.26. The van der Waals surface area contributed by atoms with Crippen LogP contribution in [0.2, 0.25) is 5.02 Å². The van der Waals surface area contributed by atoms with Gasteiger partial charge in [0.2, 0.25) is 0 Å². The van der Waals surface area contributed by atoms with Crippen molar-refractivity contribution in [2.75, 3.05) is 4.31 Å². The van der Waals surface area contributed by atoms with Crippen LogP contribution in [0.3, 0.4) is 0 Å². The Kier molecular flexibility index (Phi) is 7.89. The summed E-state index contributed by atoms with van der Waals surface area (Å²) in [6.45, 7) is 5.71. The number of hydrazone groups is 1. The summed E-state index contributed by atoms with van der Waals surface area (Å²) in [5, 5.41) is 4.47. The minimum Gasteiger partial charge on any atom is -0.267 e. The average molecular weight is 484 g/mol. The van der Waals surface area contributed by atoms with Crippen molar-refractivity contribution in [3.05, 3.63) is 94.5 Å². The van der Waals surface area contributed by atoms with E-state index >= 15 is 0 Å². The molecule has 0 unspecified atom stereocenters. The molecule has 3 rings (SSSR count). The summed E-state index contributed by atoms with van der Waals surface area (Å²) < 4.78 is 28.5. The predicted octanol–water partition coefficient (Wildman–Crippen LogP) is 5.56. The third-order valence-electron chi connectivity index (χ3n) is 5.17. The Morgan fingerprint density at radius 2 is 1.70 bits per heavy atom. The highest BCUT2D eigenvalue weighted by Crippen LogP contribution is 2.31. The predicted molar refractivity (Wildman–Crippen MR) is 133 cm³/mol. The van der Waals surface area contributed by atoms with Gasteiger partial charge in [-0.25, -0.2) is 13.8 Å². The van der Waals surface area contributed by atoms with E-state index in [1.54, 1.807) is 72.8 Å². The minimum atomic E-state index is -3.86. The number of carbonyl (C=O) groups excluding carboxylic acids is 1. The Bertz CT molecular complexity index is 1260. The maximum absolute atomic E-state index is 13.6. The number of sulfonamides is 1. The van der Waals surface area contributed by atoms with Crippen LogP contribution >= 0.6 is 11.6 Å². The lowest BCUT2D eigenvalue weighted by atomic mass is 10.1. The van der Waals surface area contributed by atoms with Crippen LogP contribution in [0.5, 0.6) is 0 Å². The highest BCUT2D eigenvalue weighted by atomic mass is 35.5. The standard InChI is InChI=1S/C25H26ClN3O3S/c1-4-19(3)27-28-25(30)21-13-11-20(12-14-21)17-29(24-16-22(26)15-10-18(24)2)33(31,32)23-8-6-5-7-9-23/h5-16H,4,17H2,1-3H3,(H,28,30)/b27-19-. The van der Waals surface area contributed by atoms with Gasteiger partial charge in [0.05, 0.1) is 17.1 Å². The van der Waals surface area contributed by atoms with Gasteiger partial charge in [0.15, 0.2) is 0 Å². The molecule has 0 aliphatic heterocycles. The molecule has 0 bridgehead atoms. The van der Waals surface area contributed by atoms with Gasteiger partial charge in [-0.1, -0.05) is 54.9 Å². The minimum absolute atomic E-state index is 0.0768. The summed E-state index contributed by atoms with van der Waals surface area (Å²) >= 11 is 6.20. The first-order chi connectivity index (χ1) is 15.7. The quantitative estimate of drug-likeness (QED) is 0.336. The normalized spacial score (nSPS) is 11.8. The van der Waals surface area contributed by atoms with Gasteiger partial charge in [0, 0.05) is 16.3 Å². The zero-order valence-electron chi connectivity index (χ0n) is 18.7. The fourth-order valence-electron chi connectivity index (χ4n) is 3.09. The van der Waals surface area contributed by atoms with Crippen molar-refractivity contribution < 1.29 is 13.2 Å². The molecule has 0 fully saturated rings. The number of aryl methyl sites for hydroxylation is 1. The third kappa shape index (κ3) is 6.00. The Morgan fingerprint density at radius 3 is 2.33 bits per heavy atom. The molecule has 0 aliphatic carbocycles. The molecule has 0 aliphatic rings. The summed E-state index contributed by atoms with van der Waals surface area (Å²) in [6, 6.07) is 20.2. The molecule has 8 heteroatoms. The van der Waals surface area contributed by atoms with Crippen LogP contribution in [-0.4, -0.2) is 20.0 Å². The van der Waals surface area contributed by atoms with Crippen molar-refractivity contribution in [1.29, 1.82) is 0 Å². The van der Waals surface area contributed by atoms with Crippen LogP contribution in [0, 0.1) is 6.92 Å². The first kappa shape index (κ1) is 24.5. The number of hydrogen-bond donors (Lipinski definition) is 1. The van der Waals surface area contributed by atoms with Gasteiger partial charge in [-0.05, 0) is 67.8 Å². The van der Waals surface area contributed by atoms with Crippen molar-refractivity contribution in [2.24, 2.45) is 5.10 Å². The van der Waals surface area contributed by atoms with Crippen LogP contribution in [0.4, 0.5) is 5.69 Å². The van der Waals surface area contributed by atoms with E-state index in [0.29, 0.717) is 16.3 Å². The molecule has 1 N–H and O–H groups in total. The van der Waals surface area contributed by atoms with Crippen LogP contribution in [0.25, 0.3) is 0 Å². The highest BCUT2D eigenvalue weighted by molar-refractivity contribution is 7.92. The molecule has 3 aromatic carbocycles. The molecule has 0 radical (unpaired) electrons. The van der Waals surface area contributed by atoms with E-state index in [4.69, 9.17) is 11.6 Å². The molecule has 0 spiro atoms. The lowest BCUT2D eigenvalue weighted by molar-refractivity contribution is 0.0954. The van der Waals surface area contributed by atoms with E-state index in [1.165, 1.54) is 4.31 Å². The Morgan fingerprint density at radius 1 is 1.03 bits per heavy atom. The molecule has 0 heterocycles. The summed E-state index contributed by atoms with van der Waals surface area (Å²) in [4.78, 5) is 12.5.